The minimum atomic E-state index is 0. The Morgan fingerprint density at radius 2 is 1.61 bits per heavy atom. The Bertz CT molecular complexity index is 961. The first-order valence-corrected chi connectivity index (χ1v) is 12.4. The van der Waals surface area contributed by atoms with E-state index in [1.54, 1.807) is 23.1 Å². The Labute approximate surface area is 200 Å². The van der Waals surface area contributed by atoms with E-state index >= 15 is 0 Å². The third-order valence-electron chi connectivity index (χ3n) is 5.35. The second-order valence-electron chi connectivity index (χ2n) is 7.31. The SMILES string of the molecule is CCSc1ccc(C(=O)N(CCN(CC)CC)c2nc3c(C)ccc(C)c3s2)cc1.Cl. The Morgan fingerprint density at radius 3 is 2.19 bits per heavy atom. The molecule has 0 atom stereocenters. The third kappa shape index (κ3) is 6.01. The highest BCUT2D eigenvalue weighted by molar-refractivity contribution is 7.99. The number of fused-ring (bicyclic) bond motifs is 1. The maximum absolute atomic E-state index is 13.5. The number of rotatable bonds is 9. The number of nitrogens with zero attached hydrogens (tertiary/aromatic N) is 3. The van der Waals surface area contributed by atoms with Crippen molar-refractivity contribution in [2.45, 2.75) is 39.5 Å². The van der Waals surface area contributed by atoms with Crippen molar-refractivity contribution in [2.24, 2.45) is 0 Å². The van der Waals surface area contributed by atoms with E-state index in [-0.39, 0.29) is 18.3 Å². The maximum Gasteiger partial charge on any atom is 0.260 e. The summed E-state index contributed by atoms with van der Waals surface area (Å²) in [4.78, 5) is 23.8. The van der Waals surface area contributed by atoms with E-state index < -0.39 is 0 Å². The molecule has 0 spiro atoms. The number of aromatic nitrogens is 1. The van der Waals surface area contributed by atoms with Gasteiger partial charge in [0.2, 0.25) is 0 Å². The predicted molar refractivity (Wildman–Crippen MR) is 139 cm³/mol. The summed E-state index contributed by atoms with van der Waals surface area (Å²) in [5.41, 5.74) is 4.07. The van der Waals surface area contributed by atoms with E-state index in [9.17, 15) is 4.79 Å². The fourth-order valence-electron chi connectivity index (χ4n) is 3.44. The molecule has 0 aliphatic carbocycles. The zero-order valence-electron chi connectivity index (χ0n) is 19.0. The summed E-state index contributed by atoms with van der Waals surface area (Å²) in [5, 5.41) is 0.784. The summed E-state index contributed by atoms with van der Waals surface area (Å²) in [6.45, 7) is 14.0. The number of benzene rings is 2. The molecule has 0 saturated carbocycles. The number of thioether (sulfide) groups is 1. The second kappa shape index (κ2) is 11.9. The van der Waals surface area contributed by atoms with E-state index in [1.807, 2.05) is 29.2 Å². The van der Waals surface area contributed by atoms with Crippen LogP contribution in [-0.2, 0) is 0 Å². The van der Waals surface area contributed by atoms with Gasteiger partial charge in [-0.2, -0.15) is 0 Å². The average molecular weight is 478 g/mol. The van der Waals surface area contributed by atoms with Crippen molar-refractivity contribution in [1.82, 2.24) is 9.88 Å². The summed E-state index contributed by atoms with van der Waals surface area (Å²) in [6.07, 6.45) is 0. The molecule has 2 aromatic carbocycles. The van der Waals surface area contributed by atoms with Crippen LogP contribution in [0.4, 0.5) is 5.13 Å². The molecule has 3 aromatic rings. The number of hydrogen-bond acceptors (Lipinski definition) is 5. The van der Waals surface area contributed by atoms with Crippen molar-refractivity contribution in [3.8, 4) is 0 Å². The number of carbonyl (C=O) groups is 1. The van der Waals surface area contributed by atoms with Gasteiger partial charge in [-0.1, -0.05) is 44.2 Å². The molecule has 1 aromatic heterocycles. The number of aryl methyl sites for hydroxylation is 2. The number of likely N-dealkylation sites (N-methyl/N-ethyl adjacent to an activating group) is 1. The largest absolute Gasteiger partial charge is 0.302 e. The fraction of sp³-hybridized carbons (Fsp3) is 0.417. The lowest BCUT2D eigenvalue weighted by molar-refractivity contribution is 0.0983. The molecule has 0 bridgehead atoms. The number of amides is 1. The van der Waals surface area contributed by atoms with E-state index in [4.69, 9.17) is 4.98 Å². The van der Waals surface area contributed by atoms with Gasteiger partial charge in [-0.3, -0.25) is 9.69 Å². The monoisotopic (exact) mass is 477 g/mol. The van der Waals surface area contributed by atoms with Gasteiger partial charge in [0.05, 0.1) is 10.2 Å². The van der Waals surface area contributed by atoms with Gasteiger partial charge in [0.25, 0.3) is 5.91 Å². The van der Waals surface area contributed by atoms with E-state index in [1.165, 1.54) is 15.2 Å². The van der Waals surface area contributed by atoms with Crippen LogP contribution in [-0.4, -0.2) is 47.7 Å². The van der Waals surface area contributed by atoms with Gasteiger partial charge in [-0.15, -0.1) is 24.2 Å². The molecule has 168 valence electrons. The van der Waals surface area contributed by atoms with Gasteiger partial charge < -0.3 is 4.90 Å². The minimum absolute atomic E-state index is 0. The molecule has 31 heavy (non-hydrogen) atoms. The first-order chi connectivity index (χ1) is 14.5. The van der Waals surface area contributed by atoms with Crippen LogP contribution in [0.3, 0.4) is 0 Å². The van der Waals surface area contributed by atoms with Gasteiger partial charge >= 0.3 is 0 Å². The molecule has 0 saturated heterocycles. The molecular weight excluding hydrogens is 446 g/mol. The van der Waals surface area contributed by atoms with E-state index in [2.05, 4.69) is 51.7 Å². The number of halogens is 1. The highest BCUT2D eigenvalue weighted by Crippen LogP contribution is 2.33. The minimum Gasteiger partial charge on any atom is -0.302 e. The highest BCUT2D eigenvalue weighted by Gasteiger charge is 2.22. The van der Waals surface area contributed by atoms with Crippen molar-refractivity contribution in [3.05, 3.63) is 53.1 Å². The molecule has 4 nitrogen and oxygen atoms in total. The summed E-state index contributed by atoms with van der Waals surface area (Å²) in [5.74, 6) is 1.04. The molecule has 1 heterocycles. The molecule has 0 unspecified atom stereocenters. The van der Waals surface area contributed by atoms with Crippen LogP contribution in [0.2, 0.25) is 0 Å². The van der Waals surface area contributed by atoms with Crippen LogP contribution in [0.15, 0.2) is 41.3 Å². The average Bonchev–Trinajstić information content (AvgIpc) is 3.21. The van der Waals surface area contributed by atoms with Crippen molar-refractivity contribution in [1.29, 1.82) is 0 Å². The maximum atomic E-state index is 13.5. The molecule has 0 fully saturated rings. The van der Waals surface area contributed by atoms with Crippen LogP contribution in [0.1, 0.15) is 42.3 Å². The molecule has 0 N–H and O–H groups in total. The third-order valence-corrected chi connectivity index (χ3v) is 7.46. The molecule has 7 heteroatoms. The van der Waals surface area contributed by atoms with Crippen LogP contribution >= 0.6 is 35.5 Å². The Morgan fingerprint density at radius 1 is 0.968 bits per heavy atom. The van der Waals surface area contributed by atoms with Crippen molar-refractivity contribution in [3.63, 3.8) is 0 Å². The van der Waals surface area contributed by atoms with E-state index in [0.29, 0.717) is 12.1 Å². The van der Waals surface area contributed by atoms with E-state index in [0.717, 1.165) is 41.6 Å². The summed E-state index contributed by atoms with van der Waals surface area (Å²) in [7, 11) is 0. The topological polar surface area (TPSA) is 36.4 Å². The van der Waals surface area contributed by atoms with Gasteiger partial charge in [-0.05, 0) is 68.1 Å². The number of hydrogen-bond donors (Lipinski definition) is 0. The zero-order valence-corrected chi connectivity index (χ0v) is 21.4. The normalized spacial score (nSPS) is 11.0. The van der Waals surface area contributed by atoms with Crippen LogP contribution < -0.4 is 4.90 Å². The molecule has 1 amide bonds. The van der Waals surface area contributed by atoms with Crippen LogP contribution in [0.5, 0.6) is 0 Å². The number of anilines is 1. The molecular formula is C24H32ClN3OS2. The number of thiazole rings is 1. The fourth-order valence-corrected chi connectivity index (χ4v) is 5.24. The lowest BCUT2D eigenvalue weighted by atomic mass is 10.1. The quantitative estimate of drug-likeness (QED) is 0.332. The standard InChI is InChI=1S/C24H31N3OS2.ClH/c1-6-26(7-2)15-16-27(23(28)19-11-13-20(14-12-19)29-8-3)24-25-21-17(4)9-10-18(5)22(21)30-24;/h9-14H,6-8,15-16H2,1-5H3;1H. The zero-order chi connectivity index (χ0) is 21.7. The summed E-state index contributed by atoms with van der Waals surface area (Å²) in [6, 6.07) is 12.2. The first kappa shape index (κ1) is 25.7. The van der Waals surface area contributed by atoms with Gasteiger partial charge in [0.15, 0.2) is 5.13 Å². The second-order valence-corrected chi connectivity index (χ2v) is 9.63. The Balaban J connectivity index is 0.00000341. The van der Waals surface area contributed by atoms with Crippen molar-refractivity contribution >= 4 is 56.8 Å². The summed E-state index contributed by atoms with van der Waals surface area (Å²) >= 11 is 3.40. The Hall–Kier alpha value is -1.60. The van der Waals surface area contributed by atoms with Gasteiger partial charge in [0.1, 0.15) is 0 Å². The summed E-state index contributed by atoms with van der Waals surface area (Å²) < 4.78 is 1.17. The lowest BCUT2D eigenvalue weighted by Crippen LogP contribution is -2.38. The first-order valence-electron chi connectivity index (χ1n) is 10.6. The highest BCUT2D eigenvalue weighted by atomic mass is 35.5. The predicted octanol–water partition coefficient (Wildman–Crippen LogP) is 6.44. The smallest absolute Gasteiger partial charge is 0.260 e. The van der Waals surface area contributed by atoms with Crippen LogP contribution in [0.25, 0.3) is 10.2 Å². The Kier molecular flexibility index (Phi) is 9.82. The molecule has 0 aliphatic rings. The van der Waals surface area contributed by atoms with Crippen LogP contribution in [0, 0.1) is 13.8 Å². The molecule has 3 rings (SSSR count). The van der Waals surface area contributed by atoms with Crippen molar-refractivity contribution < 1.29 is 4.79 Å². The van der Waals surface area contributed by atoms with Gasteiger partial charge in [0, 0.05) is 23.5 Å². The van der Waals surface area contributed by atoms with Crippen molar-refractivity contribution in [2.75, 3.05) is 36.8 Å². The molecule has 0 radical (unpaired) electrons. The van der Waals surface area contributed by atoms with Gasteiger partial charge in [-0.25, -0.2) is 4.98 Å². The molecule has 0 aliphatic heterocycles. The number of carbonyl (C=O) groups excluding carboxylic acids is 1. The lowest BCUT2D eigenvalue weighted by Gasteiger charge is -2.24.